The normalized spacial score (nSPS) is 14.2. The quantitative estimate of drug-likeness (QED) is 0.324. The van der Waals surface area contributed by atoms with E-state index in [1.807, 2.05) is 68.3 Å². The minimum absolute atomic E-state index is 0.0370. The Kier molecular flexibility index (Phi) is 9.60. The van der Waals surface area contributed by atoms with E-state index in [1.54, 1.807) is 0 Å². The number of urea groups is 1. The molecule has 3 aromatic rings. The van der Waals surface area contributed by atoms with Crippen LogP contribution in [0.2, 0.25) is 0 Å². The van der Waals surface area contributed by atoms with Crippen molar-refractivity contribution in [1.29, 1.82) is 0 Å². The summed E-state index contributed by atoms with van der Waals surface area (Å²) in [5, 5.41) is 9.42. The molecule has 0 saturated carbocycles. The number of piperazine rings is 1. The molecule has 0 bridgehead atoms. The van der Waals surface area contributed by atoms with Crippen molar-refractivity contribution >= 4 is 29.0 Å². The van der Waals surface area contributed by atoms with Crippen molar-refractivity contribution in [3.63, 3.8) is 0 Å². The maximum atomic E-state index is 13.0. The van der Waals surface area contributed by atoms with E-state index in [2.05, 4.69) is 52.0 Å². The number of hydrogen-bond donors (Lipinski definition) is 3. The summed E-state index contributed by atoms with van der Waals surface area (Å²) >= 11 is 0. The van der Waals surface area contributed by atoms with Gasteiger partial charge in [-0.3, -0.25) is 4.79 Å². The van der Waals surface area contributed by atoms with E-state index in [9.17, 15) is 9.59 Å². The molecule has 1 heterocycles. The van der Waals surface area contributed by atoms with Crippen molar-refractivity contribution in [3.05, 3.63) is 89.0 Å². The molecule has 1 aliphatic rings. The number of rotatable bonds is 9. The highest BCUT2D eigenvalue weighted by Crippen LogP contribution is 2.26. The second-order valence-electron chi connectivity index (χ2n) is 10.4. The fraction of sp³-hybridized carbons (Fsp3) is 0.375. The van der Waals surface area contributed by atoms with Gasteiger partial charge in [-0.25, -0.2) is 4.79 Å². The smallest absolute Gasteiger partial charge is 0.321 e. The Hall–Kier alpha value is -3.84. The lowest BCUT2D eigenvalue weighted by Crippen LogP contribution is -2.50. The Morgan fingerprint density at radius 1 is 0.872 bits per heavy atom. The number of nitrogens with zero attached hydrogens (tertiary/aromatic N) is 2. The standard InChI is InChI=1S/C32H41N5O2/c1-23-21-27(25(3)33-4)22-24(2)31(23)35-32(39)37-19-17-36(18-20-37)29-15-13-28(14-16-29)34-30(38)12-8-11-26-9-6-5-7-10-26/h5-7,9-10,13-16,21-22,25,33H,8,11-12,17-20H2,1-4H3,(H,34,38)(H,35,39). The molecule has 0 aromatic heterocycles. The molecule has 7 heteroatoms. The molecule has 0 radical (unpaired) electrons. The summed E-state index contributed by atoms with van der Waals surface area (Å²) in [6, 6.07) is 22.7. The average molecular weight is 528 g/mol. The minimum atomic E-state index is -0.0550. The van der Waals surface area contributed by atoms with E-state index in [-0.39, 0.29) is 18.0 Å². The fourth-order valence-electron chi connectivity index (χ4n) is 5.04. The van der Waals surface area contributed by atoms with Crippen LogP contribution < -0.4 is 20.9 Å². The highest BCUT2D eigenvalue weighted by Gasteiger charge is 2.22. The molecular weight excluding hydrogens is 486 g/mol. The Morgan fingerprint density at radius 3 is 2.13 bits per heavy atom. The van der Waals surface area contributed by atoms with Gasteiger partial charge in [-0.15, -0.1) is 0 Å². The zero-order valence-electron chi connectivity index (χ0n) is 23.6. The molecule has 39 heavy (non-hydrogen) atoms. The van der Waals surface area contributed by atoms with Gasteiger partial charge < -0.3 is 25.8 Å². The molecule has 1 fully saturated rings. The molecule has 1 saturated heterocycles. The van der Waals surface area contributed by atoms with Crippen LogP contribution in [0.1, 0.15) is 48.1 Å². The maximum Gasteiger partial charge on any atom is 0.321 e. The number of aryl methyl sites for hydroxylation is 3. The summed E-state index contributed by atoms with van der Waals surface area (Å²) in [7, 11) is 1.95. The summed E-state index contributed by atoms with van der Waals surface area (Å²) in [6.07, 6.45) is 2.23. The molecular formula is C32H41N5O2. The first-order valence-corrected chi connectivity index (χ1v) is 13.9. The minimum Gasteiger partial charge on any atom is -0.368 e. The molecule has 4 rings (SSSR count). The van der Waals surface area contributed by atoms with Gasteiger partial charge in [0.05, 0.1) is 0 Å². The van der Waals surface area contributed by atoms with Gasteiger partial charge in [0.1, 0.15) is 0 Å². The van der Waals surface area contributed by atoms with Crippen molar-refractivity contribution in [2.45, 2.75) is 46.1 Å². The topological polar surface area (TPSA) is 76.7 Å². The van der Waals surface area contributed by atoms with E-state index in [0.717, 1.165) is 54.1 Å². The predicted octanol–water partition coefficient (Wildman–Crippen LogP) is 5.90. The van der Waals surface area contributed by atoms with Gasteiger partial charge in [0.2, 0.25) is 5.91 Å². The number of benzene rings is 3. The molecule has 0 aliphatic carbocycles. The summed E-state index contributed by atoms with van der Waals surface area (Å²) in [4.78, 5) is 29.5. The second-order valence-corrected chi connectivity index (χ2v) is 10.4. The maximum absolute atomic E-state index is 13.0. The van der Waals surface area contributed by atoms with Gasteiger partial charge in [0, 0.05) is 55.7 Å². The highest BCUT2D eigenvalue weighted by molar-refractivity contribution is 5.92. The van der Waals surface area contributed by atoms with Crippen molar-refractivity contribution in [1.82, 2.24) is 10.2 Å². The Bertz CT molecular complexity index is 1230. The third kappa shape index (κ3) is 7.60. The number of carbonyl (C=O) groups excluding carboxylic acids is 2. The van der Waals surface area contributed by atoms with Crippen LogP contribution in [0.3, 0.4) is 0 Å². The van der Waals surface area contributed by atoms with E-state index in [4.69, 9.17) is 0 Å². The largest absolute Gasteiger partial charge is 0.368 e. The van der Waals surface area contributed by atoms with E-state index >= 15 is 0 Å². The average Bonchev–Trinajstić information content (AvgIpc) is 2.95. The van der Waals surface area contributed by atoms with Crippen LogP contribution in [-0.2, 0) is 11.2 Å². The third-order valence-electron chi connectivity index (χ3n) is 7.52. The molecule has 3 N–H and O–H groups in total. The summed E-state index contributed by atoms with van der Waals surface area (Å²) < 4.78 is 0. The highest BCUT2D eigenvalue weighted by atomic mass is 16.2. The molecule has 3 aromatic carbocycles. The van der Waals surface area contributed by atoms with Gasteiger partial charge in [-0.1, -0.05) is 42.5 Å². The Morgan fingerprint density at radius 2 is 1.51 bits per heavy atom. The summed E-state index contributed by atoms with van der Waals surface area (Å²) in [6.45, 7) is 9.04. The summed E-state index contributed by atoms with van der Waals surface area (Å²) in [5.74, 6) is 0.0370. The van der Waals surface area contributed by atoms with Crippen LogP contribution in [0, 0.1) is 13.8 Å². The van der Waals surface area contributed by atoms with Crippen LogP contribution in [0.25, 0.3) is 0 Å². The van der Waals surface area contributed by atoms with E-state index < -0.39 is 0 Å². The number of amides is 3. The first-order chi connectivity index (χ1) is 18.8. The zero-order valence-corrected chi connectivity index (χ0v) is 23.6. The first-order valence-electron chi connectivity index (χ1n) is 13.9. The fourth-order valence-corrected chi connectivity index (χ4v) is 5.04. The SMILES string of the molecule is CNC(C)c1cc(C)c(NC(=O)N2CCN(c3ccc(NC(=O)CCCc4ccccc4)cc3)CC2)c(C)c1. The van der Waals surface area contributed by atoms with Crippen LogP contribution in [0.15, 0.2) is 66.7 Å². The number of carbonyl (C=O) groups is 2. The molecule has 1 aliphatic heterocycles. The van der Waals surface area contributed by atoms with Crippen LogP contribution in [-0.4, -0.2) is 50.1 Å². The predicted molar refractivity (Wildman–Crippen MR) is 161 cm³/mol. The van der Waals surface area contributed by atoms with E-state index in [0.29, 0.717) is 19.5 Å². The number of hydrogen-bond acceptors (Lipinski definition) is 4. The first kappa shape index (κ1) is 28.2. The zero-order chi connectivity index (χ0) is 27.8. The lowest BCUT2D eigenvalue weighted by molar-refractivity contribution is -0.116. The van der Waals surface area contributed by atoms with Gasteiger partial charge in [-0.05, 0) is 87.2 Å². The molecule has 206 valence electrons. The summed E-state index contributed by atoms with van der Waals surface area (Å²) in [5.41, 5.74) is 7.41. The second kappa shape index (κ2) is 13.3. The Balaban J connectivity index is 1.23. The van der Waals surface area contributed by atoms with Gasteiger partial charge in [-0.2, -0.15) is 0 Å². The van der Waals surface area contributed by atoms with Gasteiger partial charge in [0.15, 0.2) is 0 Å². The lowest BCUT2D eigenvalue weighted by atomic mass is 10.00. The molecule has 1 unspecified atom stereocenters. The van der Waals surface area contributed by atoms with Crippen molar-refractivity contribution in [2.75, 3.05) is 48.8 Å². The molecule has 7 nitrogen and oxygen atoms in total. The molecule has 3 amide bonds. The van der Waals surface area contributed by atoms with Crippen LogP contribution >= 0.6 is 0 Å². The number of nitrogens with one attached hydrogen (secondary N) is 3. The van der Waals surface area contributed by atoms with Gasteiger partial charge in [0.25, 0.3) is 0 Å². The molecule has 1 atom stereocenters. The monoisotopic (exact) mass is 527 g/mol. The number of anilines is 3. The lowest BCUT2D eigenvalue weighted by Gasteiger charge is -2.36. The van der Waals surface area contributed by atoms with Crippen LogP contribution in [0.5, 0.6) is 0 Å². The Labute approximate surface area is 232 Å². The van der Waals surface area contributed by atoms with Crippen LogP contribution in [0.4, 0.5) is 21.9 Å². The van der Waals surface area contributed by atoms with Gasteiger partial charge >= 0.3 is 6.03 Å². The van der Waals surface area contributed by atoms with Crippen molar-refractivity contribution in [2.24, 2.45) is 0 Å². The van der Waals surface area contributed by atoms with Crippen molar-refractivity contribution < 1.29 is 9.59 Å². The molecule has 0 spiro atoms. The van der Waals surface area contributed by atoms with E-state index in [1.165, 1.54) is 11.1 Å². The van der Waals surface area contributed by atoms with Crippen molar-refractivity contribution in [3.8, 4) is 0 Å². The third-order valence-corrected chi connectivity index (χ3v) is 7.52.